The van der Waals surface area contributed by atoms with Gasteiger partial charge in [-0.15, -0.1) is 0 Å². The number of Topliss-reactive ketones (excluding diaryl/α,β-unsaturated/α-hetero) is 1. The number of nitrogens with zero attached hydrogens (tertiary/aromatic N) is 2. The molecule has 1 aromatic carbocycles. The molecule has 0 aliphatic carbocycles. The SMILES string of the molecule is CCC(C)N1CCN(c2ccc(C(C)=O)cc2)CC1. The highest BCUT2D eigenvalue weighted by molar-refractivity contribution is 5.94. The topological polar surface area (TPSA) is 23.6 Å². The maximum atomic E-state index is 11.3. The molecule has 1 atom stereocenters. The number of anilines is 1. The molecule has 1 aliphatic heterocycles. The van der Waals surface area contributed by atoms with Gasteiger partial charge in [-0.3, -0.25) is 9.69 Å². The Balaban J connectivity index is 1.96. The van der Waals surface area contributed by atoms with Crippen molar-refractivity contribution in [1.82, 2.24) is 4.90 Å². The van der Waals surface area contributed by atoms with E-state index < -0.39 is 0 Å². The van der Waals surface area contributed by atoms with E-state index in [1.165, 1.54) is 12.1 Å². The number of hydrogen-bond acceptors (Lipinski definition) is 3. The summed E-state index contributed by atoms with van der Waals surface area (Å²) in [4.78, 5) is 16.2. The predicted molar refractivity (Wildman–Crippen MR) is 80.0 cm³/mol. The van der Waals surface area contributed by atoms with Crippen LogP contribution in [0.2, 0.25) is 0 Å². The minimum absolute atomic E-state index is 0.133. The van der Waals surface area contributed by atoms with E-state index in [2.05, 4.69) is 35.8 Å². The van der Waals surface area contributed by atoms with Crippen molar-refractivity contribution in [3.05, 3.63) is 29.8 Å². The smallest absolute Gasteiger partial charge is 0.159 e. The standard InChI is InChI=1S/C16H24N2O/c1-4-13(2)17-9-11-18(12-10-17)16-7-5-15(6-8-16)14(3)19/h5-8,13H,4,9-12H2,1-3H3. The van der Waals surface area contributed by atoms with Gasteiger partial charge in [0.25, 0.3) is 0 Å². The van der Waals surface area contributed by atoms with E-state index in [9.17, 15) is 4.79 Å². The summed E-state index contributed by atoms with van der Waals surface area (Å²) in [7, 11) is 0. The van der Waals surface area contributed by atoms with Gasteiger partial charge in [-0.1, -0.05) is 6.92 Å². The molecule has 2 rings (SSSR count). The van der Waals surface area contributed by atoms with E-state index in [1.807, 2.05) is 12.1 Å². The molecule has 0 spiro atoms. The number of carbonyl (C=O) groups is 1. The molecule has 3 heteroatoms. The van der Waals surface area contributed by atoms with Crippen molar-refractivity contribution >= 4 is 11.5 Å². The van der Waals surface area contributed by atoms with Gasteiger partial charge in [0.1, 0.15) is 0 Å². The van der Waals surface area contributed by atoms with Crippen LogP contribution < -0.4 is 4.90 Å². The van der Waals surface area contributed by atoms with Gasteiger partial charge in [0.2, 0.25) is 0 Å². The van der Waals surface area contributed by atoms with Crippen LogP contribution in [0.5, 0.6) is 0 Å². The fourth-order valence-electron chi connectivity index (χ4n) is 2.59. The zero-order valence-electron chi connectivity index (χ0n) is 12.2. The van der Waals surface area contributed by atoms with Crippen LogP contribution in [0.15, 0.2) is 24.3 Å². The average molecular weight is 260 g/mol. The number of ketones is 1. The predicted octanol–water partition coefficient (Wildman–Crippen LogP) is 2.81. The molecule has 104 valence electrons. The lowest BCUT2D eigenvalue weighted by Crippen LogP contribution is -2.49. The number of rotatable bonds is 4. The Kier molecular flexibility index (Phi) is 4.59. The second-order valence-electron chi connectivity index (χ2n) is 5.38. The van der Waals surface area contributed by atoms with Crippen molar-refractivity contribution in [3.8, 4) is 0 Å². The summed E-state index contributed by atoms with van der Waals surface area (Å²) in [5.74, 6) is 0.133. The number of piperazine rings is 1. The Labute approximate surface area is 116 Å². The molecule has 1 saturated heterocycles. The highest BCUT2D eigenvalue weighted by Crippen LogP contribution is 2.18. The maximum absolute atomic E-state index is 11.3. The Morgan fingerprint density at radius 3 is 2.21 bits per heavy atom. The van der Waals surface area contributed by atoms with Gasteiger partial charge in [0.15, 0.2) is 5.78 Å². The maximum Gasteiger partial charge on any atom is 0.159 e. The minimum Gasteiger partial charge on any atom is -0.369 e. The molecule has 1 fully saturated rings. The lowest BCUT2D eigenvalue weighted by Gasteiger charge is -2.39. The van der Waals surface area contributed by atoms with E-state index in [0.29, 0.717) is 6.04 Å². The lowest BCUT2D eigenvalue weighted by atomic mass is 10.1. The highest BCUT2D eigenvalue weighted by atomic mass is 16.1. The Morgan fingerprint density at radius 2 is 1.74 bits per heavy atom. The number of benzene rings is 1. The number of hydrogen-bond donors (Lipinski definition) is 0. The van der Waals surface area contributed by atoms with Crippen molar-refractivity contribution in [1.29, 1.82) is 0 Å². The van der Waals surface area contributed by atoms with Gasteiger partial charge < -0.3 is 4.90 Å². The third kappa shape index (κ3) is 3.35. The molecule has 0 radical (unpaired) electrons. The Bertz CT molecular complexity index is 419. The normalized spacial score (nSPS) is 18.4. The monoisotopic (exact) mass is 260 g/mol. The third-order valence-corrected chi connectivity index (χ3v) is 4.17. The quantitative estimate of drug-likeness (QED) is 0.778. The Hall–Kier alpha value is -1.35. The van der Waals surface area contributed by atoms with E-state index in [4.69, 9.17) is 0 Å². The molecule has 0 saturated carbocycles. The third-order valence-electron chi connectivity index (χ3n) is 4.17. The summed E-state index contributed by atoms with van der Waals surface area (Å²) >= 11 is 0. The largest absolute Gasteiger partial charge is 0.369 e. The summed E-state index contributed by atoms with van der Waals surface area (Å²) < 4.78 is 0. The first-order chi connectivity index (χ1) is 9.11. The van der Waals surface area contributed by atoms with Crippen LogP contribution >= 0.6 is 0 Å². The molecule has 3 nitrogen and oxygen atoms in total. The second kappa shape index (κ2) is 6.20. The van der Waals surface area contributed by atoms with E-state index in [0.717, 1.165) is 31.7 Å². The van der Waals surface area contributed by atoms with Crippen molar-refractivity contribution in [2.75, 3.05) is 31.1 Å². The summed E-state index contributed by atoms with van der Waals surface area (Å²) in [5.41, 5.74) is 2.02. The van der Waals surface area contributed by atoms with Crippen molar-refractivity contribution in [3.63, 3.8) is 0 Å². The van der Waals surface area contributed by atoms with Gasteiger partial charge in [-0.05, 0) is 44.5 Å². The first kappa shape index (κ1) is 14.1. The molecule has 1 aromatic rings. The summed E-state index contributed by atoms with van der Waals surface area (Å²) in [6, 6.07) is 8.67. The zero-order valence-corrected chi connectivity index (χ0v) is 12.2. The van der Waals surface area contributed by atoms with Gasteiger partial charge in [-0.25, -0.2) is 0 Å². The van der Waals surface area contributed by atoms with Crippen LogP contribution in [-0.2, 0) is 0 Å². The van der Waals surface area contributed by atoms with E-state index in [-0.39, 0.29) is 5.78 Å². The highest BCUT2D eigenvalue weighted by Gasteiger charge is 2.20. The second-order valence-corrected chi connectivity index (χ2v) is 5.38. The van der Waals surface area contributed by atoms with Crippen LogP contribution in [0, 0.1) is 0 Å². The van der Waals surface area contributed by atoms with E-state index in [1.54, 1.807) is 6.92 Å². The Morgan fingerprint density at radius 1 is 1.16 bits per heavy atom. The van der Waals surface area contributed by atoms with Crippen molar-refractivity contribution in [2.45, 2.75) is 33.2 Å². The minimum atomic E-state index is 0.133. The van der Waals surface area contributed by atoms with Gasteiger partial charge in [0, 0.05) is 43.5 Å². The molecule has 1 aliphatic rings. The average Bonchev–Trinajstić information content (AvgIpc) is 2.46. The lowest BCUT2D eigenvalue weighted by molar-refractivity contribution is 0.101. The van der Waals surface area contributed by atoms with Gasteiger partial charge in [0.05, 0.1) is 0 Å². The van der Waals surface area contributed by atoms with Crippen LogP contribution in [0.1, 0.15) is 37.6 Å². The van der Waals surface area contributed by atoms with E-state index >= 15 is 0 Å². The zero-order chi connectivity index (χ0) is 13.8. The first-order valence-corrected chi connectivity index (χ1v) is 7.21. The van der Waals surface area contributed by atoms with Crippen molar-refractivity contribution in [2.24, 2.45) is 0 Å². The van der Waals surface area contributed by atoms with Gasteiger partial charge >= 0.3 is 0 Å². The molecular formula is C16H24N2O. The molecule has 1 heterocycles. The fourth-order valence-corrected chi connectivity index (χ4v) is 2.59. The summed E-state index contributed by atoms with van der Waals surface area (Å²) in [6.07, 6.45) is 1.22. The molecule has 0 amide bonds. The summed E-state index contributed by atoms with van der Waals surface area (Å²) in [6.45, 7) is 10.6. The molecule has 1 unspecified atom stereocenters. The van der Waals surface area contributed by atoms with Crippen LogP contribution in [0.4, 0.5) is 5.69 Å². The number of carbonyl (C=O) groups excluding carboxylic acids is 1. The summed E-state index contributed by atoms with van der Waals surface area (Å²) in [5, 5.41) is 0. The molecule has 0 N–H and O–H groups in total. The van der Waals surface area contributed by atoms with Crippen LogP contribution in [-0.4, -0.2) is 42.9 Å². The van der Waals surface area contributed by atoms with Crippen LogP contribution in [0.25, 0.3) is 0 Å². The molecular weight excluding hydrogens is 236 g/mol. The molecule has 0 aromatic heterocycles. The molecule has 0 bridgehead atoms. The first-order valence-electron chi connectivity index (χ1n) is 7.21. The molecule has 19 heavy (non-hydrogen) atoms. The van der Waals surface area contributed by atoms with Gasteiger partial charge in [-0.2, -0.15) is 0 Å². The van der Waals surface area contributed by atoms with Crippen molar-refractivity contribution < 1.29 is 4.79 Å². The van der Waals surface area contributed by atoms with Crippen LogP contribution in [0.3, 0.4) is 0 Å². The fraction of sp³-hybridized carbons (Fsp3) is 0.562.